The molecule has 2 rings (SSSR count). The van der Waals surface area contributed by atoms with Crippen LogP contribution in [0.25, 0.3) is 0 Å². The van der Waals surface area contributed by atoms with Crippen LogP contribution in [0.5, 0.6) is 11.5 Å². The number of carboxylic acids is 1. The van der Waals surface area contributed by atoms with Gasteiger partial charge in [0.05, 0.1) is 19.8 Å². The number of carboxylic acid groups (broad SMARTS) is 1. The second-order valence-electron chi connectivity index (χ2n) is 6.31. The third-order valence-electron chi connectivity index (χ3n) is 4.40. The molecule has 0 aliphatic carbocycles. The minimum atomic E-state index is -1.00. The predicted molar refractivity (Wildman–Crippen MR) is 103 cm³/mol. The van der Waals surface area contributed by atoms with E-state index in [0.29, 0.717) is 25.1 Å². The van der Waals surface area contributed by atoms with Gasteiger partial charge in [0, 0.05) is 13.0 Å². The zero-order valence-corrected chi connectivity index (χ0v) is 15.8. The lowest BCUT2D eigenvalue weighted by Crippen LogP contribution is -2.26. The molecule has 1 atom stereocenters. The molecular formula is C21H25NO5. The van der Waals surface area contributed by atoms with Gasteiger partial charge in [-0.25, -0.2) is 4.79 Å². The van der Waals surface area contributed by atoms with Gasteiger partial charge >= 0.3 is 5.97 Å². The van der Waals surface area contributed by atoms with Crippen LogP contribution in [-0.2, 0) is 11.2 Å². The Kier molecular flexibility index (Phi) is 7.23. The average Bonchev–Trinajstić information content (AvgIpc) is 2.67. The molecule has 2 N–H and O–H groups in total. The Morgan fingerprint density at radius 3 is 2.56 bits per heavy atom. The first-order valence-electron chi connectivity index (χ1n) is 8.75. The first kappa shape index (κ1) is 20.3. The largest absolute Gasteiger partial charge is 0.497 e. The lowest BCUT2D eigenvalue weighted by atomic mass is 9.97. The summed E-state index contributed by atoms with van der Waals surface area (Å²) >= 11 is 0. The van der Waals surface area contributed by atoms with E-state index in [4.69, 9.17) is 14.6 Å². The molecule has 2 aromatic carbocycles. The average molecular weight is 371 g/mol. The molecule has 0 radical (unpaired) electrons. The van der Waals surface area contributed by atoms with E-state index in [9.17, 15) is 9.59 Å². The van der Waals surface area contributed by atoms with Crippen LogP contribution in [-0.4, -0.2) is 37.7 Å². The number of rotatable bonds is 9. The van der Waals surface area contributed by atoms with Crippen molar-refractivity contribution in [3.63, 3.8) is 0 Å². The van der Waals surface area contributed by atoms with Crippen molar-refractivity contribution in [1.29, 1.82) is 0 Å². The molecule has 6 nitrogen and oxygen atoms in total. The minimum absolute atomic E-state index is 0.0357. The van der Waals surface area contributed by atoms with E-state index in [-0.39, 0.29) is 17.4 Å². The number of aromatic carboxylic acids is 1. The fraction of sp³-hybridized carbons (Fsp3) is 0.333. The Morgan fingerprint density at radius 1 is 1.11 bits per heavy atom. The summed E-state index contributed by atoms with van der Waals surface area (Å²) in [5, 5.41) is 11.9. The van der Waals surface area contributed by atoms with E-state index >= 15 is 0 Å². The SMILES string of the molecule is COc1cccc(C(C)CC(=O)NCCc2ccc(C(=O)O)cc2OC)c1. The Morgan fingerprint density at radius 2 is 1.89 bits per heavy atom. The summed E-state index contributed by atoms with van der Waals surface area (Å²) in [6.07, 6.45) is 0.935. The quantitative estimate of drug-likeness (QED) is 0.707. The molecule has 0 aliphatic heterocycles. The minimum Gasteiger partial charge on any atom is -0.497 e. The van der Waals surface area contributed by atoms with E-state index in [0.717, 1.165) is 16.9 Å². The molecule has 0 spiro atoms. The van der Waals surface area contributed by atoms with Gasteiger partial charge in [-0.2, -0.15) is 0 Å². The molecule has 0 aliphatic rings. The van der Waals surface area contributed by atoms with E-state index in [1.807, 2.05) is 31.2 Å². The highest BCUT2D eigenvalue weighted by Crippen LogP contribution is 2.23. The Bertz CT molecular complexity index is 803. The predicted octanol–water partition coefficient (Wildman–Crippen LogP) is 3.25. The number of hydrogen-bond acceptors (Lipinski definition) is 4. The highest BCUT2D eigenvalue weighted by Gasteiger charge is 2.13. The summed E-state index contributed by atoms with van der Waals surface area (Å²) < 4.78 is 10.5. The molecule has 0 heterocycles. The zero-order chi connectivity index (χ0) is 19.8. The molecule has 0 aromatic heterocycles. The Balaban J connectivity index is 1.87. The molecule has 1 amide bonds. The van der Waals surface area contributed by atoms with Crippen LogP contribution in [0.4, 0.5) is 0 Å². The van der Waals surface area contributed by atoms with Crippen molar-refractivity contribution >= 4 is 11.9 Å². The van der Waals surface area contributed by atoms with Crippen LogP contribution in [0.3, 0.4) is 0 Å². The van der Waals surface area contributed by atoms with E-state index in [1.165, 1.54) is 19.2 Å². The number of carbonyl (C=O) groups excluding carboxylic acids is 1. The fourth-order valence-electron chi connectivity index (χ4n) is 2.84. The molecule has 6 heteroatoms. The monoisotopic (exact) mass is 371 g/mol. The Hall–Kier alpha value is -3.02. The first-order chi connectivity index (χ1) is 12.9. The summed E-state index contributed by atoms with van der Waals surface area (Å²) in [7, 11) is 3.12. The molecule has 0 bridgehead atoms. The van der Waals surface area contributed by atoms with Gasteiger partial charge in [-0.1, -0.05) is 25.1 Å². The van der Waals surface area contributed by atoms with Crippen LogP contribution < -0.4 is 14.8 Å². The number of ether oxygens (including phenoxy) is 2. The normalized spacial score (nSPS) is 11.5. The molecule has 27 heavy (non-hydrogen) atoms. The first-order valence-corrected chi connectivity index (χ1v) is 8.75. The number of carbonyl (C=O) groups is 2. The van der Waals surface area contributed by atoms with Gasteiger partial charge in [0.1, 0.15) is 11.5 Å². The number of benzene rings is 2. The van der Waals surface area contributed by atoms with Gasteiger partial charge in [0.15, 0.2) is 0 Å². The summed E-state index contributed by atoms with van der Waals surface area (Å²) in [5.74, 6) is 0.321. The molecule has 0 saturated carbocycles. The molecule has 1 unspecified atom stereocenters. The molecule has 2 aromatic rings. The summed E-state index contributed by atoms with van der Waals surface area (Å²) in [6.45, 7) is 2.45. The molecule has 0 saturated heterocycles. The summed E-state index contributed by atoms with van der Waals surface area (Å²) in [4.78, 5) is 23.2. The molecule has 144 valence electrons. The highest BCUT2D eigenvalue weighted by atomic mass is 16.5. The van der Waals surface area contributed by atoms with E-state index < -0.39 is 5.97 Å². The van der Waals surface area contributed by atoms with Gasteiger partial charge in [-0.3, -0.25) is 4.79 Å². The zero-order valence-electron chi connectivity index (χ0n) is 15.8. The van der Waals surface area contributed by atoms with Gasteiger partial charge in [-0.05, 0) is 47.7 Å². The third kappa shape index (κ3) is 5.74. The van der Waals surface area contributed by atoms with Crippen LogP contribution in [0.15, 0.2) is 42.5 Å². The van der Waals surface area contributed by atoms with Gasteiger partial charge in [0.25, 0.3) is 0 Å². The number of methoxy groups -OCH3 is 2. The maximum absolute atomic E-state index is 12.2. The lowest BCUT2D eigenvalue weighted by Gasteiger charge is -2.14. The summed E-state index contributed by atoms with van der Waals surface area (Å²) in [5.41, 5.74) is 2.07. The lowest BCUT2D eigenvalue weighted by molar-refractivity contribution is -0.121. The summed E-state index contributed by atoms with van der Waals surface area (Å²) in [6, 6.07) is 12.4. The number of hydrogen-bond donors (Lipinski definition) is 2. The van der Waals surface area contributed by atoms with Crippen molar-refractivity contribution in [3.8, 4) is 11.5 Å². The van der Waals surface area contributed by atoms with Crippen molar-refractivity contribution in [3.05, 3.63) is 59.2 Å². The maximum atomic E-state index is 12.2. The van der Waals surface area contributed by atoms with Gasteiger partial charge in [0.2, 0.25) is 5.91 Å². The van der Waals surface area contributed by atoms with Crippen molar-refractivity contribution < 1.29 is 24.2 Å². The van der Waals surface area contributed by atoms with Gasteiger partial charge < -0.3 is 19.9 Å². The van der Waals surface area contributed by atoms with Crippen molar-refractivity contribution in [2.24, 2.45) is 0 Å². The van der Waals surface area contributed by atoms with Crippen LogP contribution in [0, 0.1) is 0 Å². The second-order valence-corrected chi connectivity index (χ2v) is 6.31. The third-order valence-corrected chi connectivity index (χ3v) is 4.40. The van der Waals surface area contributed by atoms with E-state index in [2.05, 4.69) is 5.32 Å². The highest BCUT2D eigenvalue weighted by molar-refractivity contribution is 5.88. The second kappa shape index (κ2) is 9.62. The topological polar surface area (TPSA) is 84.9 Å². The maximum Gasteiger partial charge on any atom is 0.335 e. The molecule has 0 fully saturated rings. The van der Waals surface area contributed by atoms with Crippen molar-refractivity contribution in [2.45, 2.75) is 25.7 Å². The van der Waals surface area contributed by atoms with Crippen molar-refractivity contribution in [2.75, 3.05) is 20.8 Å². The van der Waals surface area contributed by atoms with Crippen molar-refractivity contribution in [1.82, 2.24) is 5.32 Å². The smallest absolute Gasteiger partial charge is 0.335 e. The van der Waals surface area contributed by atoms with E-state index in [1.54, 1.807) is 13.2 Å². The van der Waals surface area contributed by atoms with Crippen LogP contribution in [0.2, 0.25) is 0 Å². The van der Waals surface area contributed by atoms with Crippen LogP contribution >= 0.6 is 0 Å². The Labute approximate surface area is 159 Å². The number of nitrogens with one attached hydrogen (secondary N) is 1. The molecular weight excluding hydrogens is 346 g/mol. The van der Waals surface area contributed by atoms with Gasteiger partial charge in [-0.15, -0.1) is 0 Å². The fourth-order valence-corrected chi connectivity index (χ4v) is 2.84. The van der Waals surface area contributed by atoms with Crippen LogP contribution in [0.1, 0.15) is 40.7 Å². The standard InChI is InChI=1S/C21H25NO5/c1-14(16-5-4-6-18(12-16)26-2)11-20(23)22-10-9-15-7-8-17(21(24)25)13-19(15)27-3/h4-8,12-14H,9-11H2,1-3H3,(H,22,23)(H,24,25). The number of amides is 1.